The van der Waals surface area contributed by atoms with Gasteiger partial charge >= 0.3 is 0 Å². The summed E-state index contributed by atoms with van der Waals surface area (Å²) in [6, 6.07) is 0.172. The van der Waals surface area contributed by atoms with E-state index in [0.717, 1.165) is 12.8 Å². The number of halogens is 1. The first kappa shape index (κ1) is 11.8. The van der Waals surface area contributed by atoms with E-state index in [9.17, 15) is 8.42 Å². The molecule has 1 aromatic heterocycles. The molecule has 0 bridgehead atoms. The Morgan fingerprint density at radius 1 is 1.50 bits per heavy atom. The molecule has 1 aromatic rings. The van der Waals surface area contributed by atoms with Crippen molar-refractivity contribution in [2.45, 2.75) is 30.5 Å². The van der Waals surface area contributed by atoms with Gasteiger partial charge in [-0.2, -0.15) is 0 Å². The lowest BCUT2D eigenvalue weighted by Gasteiger charge is -2.06. The van der Waals surface area contributed by atoms with E-state index in [1.54, 1.807) is 11.7 Å². The van der Waals surface area contributed by atoms with Crippen LogP contribution in [0, 0.1) is 0 Å². The highest BCUT2D eigenvalue weighted by Crippen LogP contribution is 2.38. The molecule has 0 unspecified atom stereocenters. The van der Waals surface area contributed by atoms with Crippen LogP contribution in [0.25, 0.3) is 0 Å². The first-order valence-electron chi connectivity index (χ1n) is 4.91. The SMILES string of the molecule is COCCc1nnc(S(=O)(=O)Cl)n1C1CC1. The van der Waals surface area contributed by atoms with Crippen molar-refractivity contribution >= 4 is 19.7 Å². The maximum absolute atomic E-state index is 11.3. The van der Waals surface area contributed by atoms with Gasteiger partial charge in [-0.25, -0.2) is 8.42 Å². The van der Waals surface area contributed by atoms with Gasteiger partial charge in [-0.15, -0.1) is 10.2 Å². The average Bonchev–Trinajstić information content (AvgIpc) is 2.94. The maximum atomic E-state index is 11.3. The largest absolute Gasteiger partial charge is 0.384 e. The zero-order chi connectivity index (χ0) is 11.8. The van der Waals surface area contributed by atoms with E-state index < -0.39 is 9.05 Å². The second kappa shape index (κ2) is 4.31. The van der Waals surface area contributed by atoms with E-state index in [0.29, 0.717) is 18.9 Å². The van der Waals surface area contributed by atoms with Crippen LogP contribution in [-0.4, -0.2) is 36.9 Å². The second-order valence-electron chi connectivity index (χ2n) is 3.68. The molecule has 1 fully saturated rings. The van der Waals surface area contributed by atoms with Crippen LogP contribution in [0.5, 0.6) is 0 Å². The highest BCUT2D eigenvalue weighted by molar-refractivity contribution is 8.13. The standard InChI is InChI=1S/C8H12ClN3O3S/c1-15-5-4-7-10-11-8(16(9,13)14)12(7)6-2-3-6/h6H,2-5H2,1H3. The van der Waals surface area contributed by atoms with Gasteiger partial charge in [-0.3, -0.25) is 4.57 Å². The fraction of sp³-hybridized carbons (Fsp3) is 0.750. The fourth-order valence-corrected chi connectivity index (χ4v) is 2.48. The Bertz CT molecular complexity index is 481. The summed E-state index contributed by atoms with van der Waals surface area (Å²) in [4.78, 5) is 0. The zero-order valence-corrected chi connectivity index (χ0v) is 10.3. The van der Waals surface area contributed by atoms with Crippen molar-refractivity contribution in [2.75, 3.05) is 13.7 Å². The molecular weight excluding hydrogens is 254 g/mol. The zero-order valence-electron chi connectivity index (χ0n) is 8.76. The molecule has 0 radical (unpaired) electrons. The number of ether oxygens (including phenoxy) is 1. The van der Waals surface area contributed by atoms with Crippen molar-refractivity contribution < 1.29 is 13.2 Å². The predicted molar refractivity (Wildman–Crippen MR) is 56.9 cm³/mol. The summed E-state index contributed by atoms with van der Waals surface area (Å²) in [5, 5.41) is 7.34. The molecule has 1 saturated carbocycles. The smallest absolute Gasteiger partial charge is 0.296 e. The quantitative estimate of drug-likeness (QED) is 0.734. The molecule has 16 heavy (non-hydrogen) atoms. The van der Waals surface area contributed by atoms with Crippen molar-refractivity contribution in [3.63, 3.8) is 0 Å². The summed E-state index contributed by atoms with van der Waals surface area (Å²) >= 11 is 0. The summed E-state index contributed by atoms with van der Waals surface area (Å²) in [7, 11) is 3.06. The third-order valence-electron chi connectivity index (χ3n) is 2.40. The molecule has 1 heterocycles. The van der Waals surface area contributed by atoms with E-state index in [-0.39, 0.29) is 11.2 Å². The van der Waals surface area contributed by atoms with Gasteiger partial charge in [0.15, 0.2) is 0 Å². The highest BCUT2D eigenvalue weighted by atomic mass is 35.7. The molecule has 0 amide bonds. The summed E-state index contributed by atoms with van der Waals surface area (Å²) in [6.45, 7) is 0.479. The van der Waals surface area contributed by atoms with Crippen LogP contribution in [0.1, 0.15) is 24.7 Å². The van der Waals surface area contributed by atoms with E-state index in [1.165, 1.54) is 0 Å². The summed E-state index contributed by atoms with van der Waals surface area (Å²) in [5.41, 5.74) is 0. The summed E-state index contributed by atoms with van der Waals surface area (Å²) in [5.74, 6) is 0.614. The van der Waals surface area contributed by atoms with Crippen LogP contribution in [0.3, 0.4) is 0 Å². The van der Waals surface area contributed by atoms with Gasteiger partial charge in [0.25, 0.3) is 14.2 Å². The van der Waals surface area contributed by atoms with E-state index >= 15 is 0 Å². The topological polar surface area (TPSA) is 74.1 Å². The van der Waals surface area contributed by atoms with Crippen LogP contribution < -0.4 is 0 Å². The van der Waals surface area contributed by atoms with Crippen molar-refractivity contribution in [3.05, 3.63) is 5.82 Å². The summed E-state index contributed by atoms with van der Waals surface area (Å²) < 4.78 is 29.1. The lowest BCUT2D eigenvalue weighted by atomic mass is 10.4. The van der Waals surface area contributed by atoms with Gasteiger partial charge in [0.05, 0.1) is 6.61 Å². The molecular formula is C8H12ClN3O3S. The molecule has 1 aliphatic rings. The molecule has 0 saturated heterocycles. The molecule has 0 spiro atoms. The lowest BCUT2D eigenvalue weighted by Crippen LogP contribution is -2.09. The number of hydrogen-bond acceptors (Lipinski definition) is 5. The molecule has 0 aliphatic heterocycles. The minimum Gasteiger partial charge on any atom is -0.384 e. The van der Waals surface area contributed by atoms with Crippen LogP contribution in [-0.2, 0) is 20.2 Å². The molecule has 0 aromatic carbocycles. The highest BCUT2D eigenvalue weighted by Gasteiger charge is 2.33. The molecule has 1 aliphatic carbocycles. The Hall–Kier alpha value is -0.660. The van der Waals surface area contributed by atoms with Gasteiger partial charge in [-0.1, -0.05) is 0 Å². The number of nitrogens with zero attached hydrogens (tertiary/aromatic N) is 3. The number of aromatic nitrogens is 3. The first-order valence-corrected chi connectivity index (χ1v) is 7.22. The van der Waals surface area contributed by atoms with Crippen LogP contribution in [0.4, 0.5) is 0 Å². The van der Waals surface area contributed by atoms with E-state index in [1.807, 2.05) is 0 Å². The van der Waals surface area contributed by atoms with Gasteiger partial charge in [0.2, 0.25) is 0 Å². The molecule has 8 heteroatoms. The van der Waals surface area contributed by atoms with E-state index in [4.69, 9.17) is 15.4 Å². The second-order valence-corrected chi connectivity index (χ2v) is 6.14. The van der Waals surface area contributed by atoms with Crippen molar-refractivity contribution in [1.29, 1.82) is 0 Å². The van der Waals surface area contributed by atoms with Crippen LogP contribution in [0.15, 0.2) is 5.16 Å². The van der Waals surface area contributed by atoms with E-state index in [2.05, 4.69) is 10.2 Å². The van der Waals surface area contributed by atoms with Crippen molar-refractivity contribution in [2.24, 2.45) is 0 Å². The Labute approximate surface area is 98.0 Å². The minimum atomic E-state index is -3.82. The van der Waals surface area contributed by atoms with Gasteiger partial charge in [0, 0.05) is 30.3 Å². The number of methoxy groups -OCH3 is 1. The maximum Gasteiger partial charge on any atom is 0.296 e. The Morgan fingerprint density at radius 3 is 2.69 bits per heavy atom. The third kappa shape index (κ3) is 2.36. The van der Waals surface area contributed by atoms with Gasteiger partial charge in [-0.05, 0) is 12.8 Å². The number of rotatable bonds is 5. The fourth-order valence-electron chi connectivity index (χ4n) is 1.54. The predicted octanol–water partition coefficient (Wildman–Crippen LogP) is 0.729. The lowest BCUT2D eigenvalue weighted by molar-refractivity contribution is 0.199. The Morgan fingerprint density at radius 2 is 2.19 bits per heavy atom. The monoisotopic (exact) mass is 265 g/mol. The summed E-state index contributed by atoms with van der Waals surface area (Å²) in [6.07, 6.45) is 2.42. The van der Waals surface area contributed by atoms with Crippen molar-refractivity contribution in [1.82, 2.24) is 14.8 Å². The number of hydrogen-bond donors (Lipinski definition) is 0. The molecule has 0 N–H and O–H groups in total. The normalized spacial score (nSPS) is 16.6. The first-order chi connectivity index (χ1) is 7.54. The van der Waals surface area contributed by atoms with Gasteiger partial charge < -0.3 is 4.74 Å². The minimum absolute atomic E-state index is 0.150. The molecule has 6 nitrogen and oxygen atoms in total. The average molecular weight is 266 g/mol. The Balaban J connectivity index is 2.36. The Kier molecular flexibility index (Phi) is 3.18. The molecule has 90 valence electrons. The molecule has 2 rings (SSSR count). The van der Waals surface area contributed by atoms with Crippen molar-refractivity contribution in [3.8, 4) is 0 Å². The van der Waals surface area contributed by atoms with Crippen LogP contribution >= 0.6 is 10.7 Å². The third-order valence-corrected chi connectivity index (χ3v) is 3.52. The van der Waals surface area contributed by atoms with Gasteiger partial charge in [0.1, 0.15) is 5.82 Å². The molecule has 0 atom stereocenters. The van der Waals surface area contributed by atoms with Crippen LogP contribution in [0.2, 0.25) is 0 Å².